The van der Waals surface area contributed by atoms with Gasteiger partial charge in [0.25, 0.3) is 0 Å². The molecule has 1 heterocycles. The van der Waals surface area contributed by atoms with Gasteiger partial charge in [-0.05, 0) is 23.8 Å². The van der Waals surface area contributed by atoms with Gasteiger partial charge in [0.2, 0.25) is 0 Å². The summed E-state index contributed by atoms with van der Waals surface area (Å²) in [6, 6.07) is 12.8. The number of benzene rings is 2. The van der Waals surface area contributed by atoms with E-state index in [4.69, 9.17) is 14.6 Å². The maximum atomic E-state index is 11.0. The van der Waals surface area contributed by atoms with Crippen LogP contribution in [0.2, 0.25) is 0 Å². The smallest absolute Gasteiger partial charge is 0.335 e. The minimum atomic E-state index is -0.911. The number of para-hydroxylation sites is 1. The largest absolute Gasteiger partial charge is 0.490 e. The Labute approximate surface area is 134 Å². The van der Waals surface area contributed by atoms with Gasteiger partial charge < -0.3 is 19.9 Å². The van der Waals surface area contributed by atoms with E-state index in [1.54, 1.807) is 18.2 Å². The Morgan fingerprint density at radius 1 is 1.09 bits per heavy atom. The number of carboxylic acids is 1. The fourth-order valence-electron chi connectivity index (χ4n) is 2.55. The van der Waals surface area contributed by atoms with Gasteiger partial charge in [-0.3, -0.25) is 0 Å². The molecule has 0 saturated heterocycles. The zero-order valence-electron chi connectivity index (χ0n) is 12.7. The maximum absolute atomic E-state index is 11.0. The molecule has 0 fully saturated rings. The number of aromatic carboxylic acids is 1. The van der Waals surface area contributed by atoms with Crippen molar-refractivity contribution < 1.29 is 19.4 Å². The molecule has 0 aliphatic carbocycles. The summed E-state index contributed by atoms with van der Waals surface area (Å²) in [6.07, 6.45) is 0.879. The van der Waals surface area contributed by atoms with Crippen LogP contribution < -0.4 is 14.8 Å². The zero-order chi connectivity index (χ0) is 16.1. The predicted molar refractivity (Wildman–Crippen MR) is 86.0 cm³/mol. The number of rotatable bonds is 5. The molecule has 2 aromatic rings. The van der Waals surface area contributed by atoms with Crippen LogP contribution in [0, 0.1) is 0 Å². The lowest BCUT2D eigenvalue weighted by atomic mass is 10.1. The van der Waals surface area contributed by atoms with Gasteiger partial charge in [-0.1, -0.05) is 24.3 Å². The first-order valence-corrected chi connectivity index (χ1v) is 7.64. The minimum absolute atomic E-state index is 0.301. The van der Waals surface area contributed by atoms with E-state index in [9.17, 15) is 4.79 Å². The van der Waals surface area contributed by atoms with Crippen molar-refractivity contribution in [3.63, 3.8) is 0 Å². The first-order valence-electron chi connectivity index (χ1n) is 7.64. The highest BCUT2D eigenvalue weighted by Gasteiger charge is 2.14. The molecule has 120 valence electrons. The molecule has 3 rings (SSSR count). The summed E-state index contributed by atoms with van der Waals surface area (Å²) in [7, 11) is 0. The van der Waals surface area contributed by atoms with Crippen LogP contribution in [0.15, 0.2) is 42.5 Å². The fraction of sp³-hybridized carbons (Fsp3) is 0.278. The molecule has 0 radical (unpaired) electrons. The first kappa shape index (κ1) is 15.4. The van der Waals surface area contributed by atoms with Gasteiger partial charge in [0.15, 0.2) is 11.5 Å². The molecule has 0 atom stereocenters. The van der Waals surface area contributed by atoms with Crippen LogP contribution >= 0.6 is 0 Å². The van der Waals surface area contributed by atoms with Gasteiger partial charge in [-0.25, -0.2) is 4.79 Å². The molecule has 0 aromatic heterocycles. The number of ether oxygens (including phenoxy) is 2. The molecule has 0 bridgehead atoms. The van der Waals surface area contributed by atoms with Gasteiger partial charge in [0.05, 0.1) is 18.8 Å². The summed E-state index contributed by atoms with van der Waals surface area (Å²) in [6.45, 7) is 2.55. The Balaban J connectivity index is 1.65. The molecule has 2 aromatic carbocycles. The number of carboxylic acid groups (broad SMARTS) is 1. The van der Waals surface area contributed by atoms with Gasteiger partial charge in [-0.2, -0.15) is 0 Å². The van der Waals surface area contributed by atoms with Crippen LogP contribution in [0.5, 0.6) is 11.5 Å². The van der Waals surface area contributed by atoms with Crippen LogP contribution in [-0.2, 0) is 13.1 Å². The van der Waals surface area contributed by atoms with Gasteiger partial charge >= 0.3 is 5.97 Å². The normalized spacial score (nSPS) is 13.4. The lowest BCUT2D eigenvalue weighted by Gasteiger charge is -2.13. The van der Waals surface area contributed by atoms with Crippen molar-refractivity contribution in [2.75, 3.05) is 13.2 Å². The van der Waals surface area contributed by atoms with Crippen molar-refractivity contribution >= 4 is 5.97 Å². The second-order valence-electron chi connectivity index (χ2n) is 5.40. The molecule has 23 heavy (non-hydrogen) atoms. The van der Waals surface area contributed by atoms with Crippen molar-refractivity contribution in [1.82, 2.24) is 5.32 Å². The summed E-state index contributed by atoms with van der Waals surface area (Å²) in [4.78, 5) is 11.0. The zero-order valence-corrected chi connectivity index (χ0v) is 12.7. The van der Waals surface area contributed by atoms with Crippen molar-refractivity contribution in [2.45, 2.75) is 19.5 Å². The second kappa shape index (κ2) is 7.15. The average Bonchev–Trinajstić information content (AvgIpc) is 2.81. The van der Waals surface area contributed by atoms with E-state index in [1.165, 1.54) is 0 Å². The van der Waals surface area contributed by atoms with E-state index < -0.39 is 5.97 Å². The van der Waals surface area contributed by atoms with Crippen molar-refractivity contribution in [1.29, 1.82) is 0 Å². The Morgan fingerprint density at radius 3 is 2.78 bits per heavy atom. The highest BCUT2D eigenvalue weighted by atomic mass is 16.5. The topological polar surface area (TPSA) is 67.8 Å². The number of carbonyl (C=O) groups is 1. The van der Waals surface area contributed by atoms with E-state index in [0.29, 0.717) is 31.9 Å². The summed E-state index contributed by atoms with van der Waals surface area (Å²) < 4.78 is 11.5. The SMILES string of the molecule is O=C(O)c1cccc(CNCc2cccc3c2OCCCO3)c1. The lowest BCUT2D eigenvalue weighted by molar-refractivity contribution is 0.0696. The molecule has 1 aliphatic rings. The Morgan fingerprint density at radius 2 is 1.91 bits per heavy atom. The van der Waals surface area contributed by atoms with Gasteiger partial charge in [0.1, 0.15) is 0 Å². The Kier molecular flexibility index (Phi) is 4.78. The minimum Gasteiger partial charge on any atom is -0.490 e. The number of hydrogen-bond acceptors (Lipinski definition) is 4. The average molecular weight is 313 g/mol. The highest BCUT2D eigenvalue weighted by Crippen LogP contribution is 2.33. The van der Waals surface area contributed by atoms with Crippen LogP contribution in [-0.4, -0.2) is 24.3 Å². The standard InChI is InChI=1S/C18H19NO4/c20-18(21)14-5-1-4-13(10-14)11-19-12-15-6-2-7-16-17(15)23-9-3-8-22-16/h1-2,4-7,10,19H,3,8-9,11-12H2,(H,20,21). The number of fused-ring (bicyclic) bond motifs is 1. The van der Waals surface area contributed by atoms with E-state index in [0.717, 1.165) is 29.0 Å². The number of nitrogens with one attached hydrogen (secondary N) is 1. The summed E-state index contributed by atoms with van der Waals surface area (Å²) in [5.74, 6) is 0.678. The molecule has 0 spiro atoms. The Hall–Kier alpha value is -2.53. The summed E-state index contributed by atoms with van der Waals surface area (Å²) in [5.41, 5.74) is 2.28. The van der Waals surface area contributed by atoms with Crippen molar-refractivity contribution in [2.24, 2.45) is 0 Å². The molecule has 5 nitrogen and oxygen atoms in total. The Bertz CT molecular complexity index is 699. The highest BCUT2D eigenvalue weighted by molar-refractivity contribution is 5.87. The third-order valence-electron chi connectivity index (χ3n) is 3.67. The summed E-state index contributed by atoms with van der Waals surface area (Å²) in [5, 5.41) is 12.3. The monoisotopic (exact) mass is 313 g/mol. The van der Waals surface area contributed by atoms with E-state index in [2.05, 4.69) is 5.32 Å². The van der Waals surface area contributed by atoms with E-state index in [1.807, 2.05) is 24.3 Å². The summed E-state index contributed by atoms with van der Waals surface area (Å²) >= 11 is 0. The molecular weight excluding hydrogens is 294 g/mol. The second-order valence-corrected chi connectivity index (χ2v) is 5.40. The number of hydrogen-bond donors (Lipinski definition) is 2. The fourth-order valence-corrected chi connectivity index (χ4v) is 2.55. The molecule has 0 unspecified atom stereocenters. The predicted octanol–water partition coefficient (Wildman–Crippen LogP) is 2.84. The lowest BCUT2D eigenvalue weighted by Crippen LogP contribution is -2.14. The van der Waals surface area contributed by atoms with Gasteiger partial charge in [-0.15, -0.1) is 0 Å². The molecule has 1 aliphatic heterocycles. The molecule has 5 heteroatoms. The molecular formula is C18H19NO4. The molecule has 2 N–H and O–H groups in total. The van der Waals surface area contributed by atoms with Crippen LogP contribution in [0.1, 0.15) is 27.9 Å². The maximum Gasteiger partial charge on any atom is 0.335 e. The van der Waals surface area contributed by atoms with Crippen LogP contribution in [0.25, 0.3) is 0 Å². The van der Waals surface area contributed by atoms with Gasteiger partial charge in [0, 0.05) is 25.1 Å². The van der Waals surface area contributed by atoms with E-state index in [-0.39, 0.29) is 0 Å². The quantitative estimate of drug-likeness (QED) is 0.888. The van der Waals surface area contributed by atoms with E-state index >= 15 is 0 Å². The molecule has 0 amide bonds. The van der Waals surface area contributed by atoms with Crippen LogP contribution in [0.4, 0.5) is 0 Å². The third-order valence-corrected chi connectivity index (χ3v) is 3.67. The van der Waals surface area contributed by atoms with Crippen LogP contribution in [0.3, 0.4) is 0 Å². The molecule has 0 saturated carbocycles. The van der Waals surface area contributed by atoms with Crippen molar-refractivity contribution in [3.8, 4) is 11.5 Å². The first-order chi connectivity index (χ1) is 11.2. The third kappa shape index (κ3) is 3.81. The van der Waals surface area contributed by atoms with Crippen molar-refractivity contribution in [3.05, 3.63) is 59.2 Å².